The molecule has 34 heavy (non-hydrogen) atoms. The van der Waals surface area contributed by atoms with Gasteiger partial charge in [0.05, 0.1) is 0 Å². The van der Waals surface area contributed by atoms with Gasteiger partial charge in [0.2, 0.25) is 0 Å². The summed E-state index contributed by atoms with van der Waals surface area (Å²) in [5.41, 5.74) is 4.49. The van der Waals surface area contributed by atoms with Crippen LogP contribution < -0.4 is 0 Å². The molecule has 186 valence electrons. The number of benzene rings is 1. The molecule has 8 aliphatic rings. The first-order chi connectivity index (χ1) is 16.5. The first-order valence-corrected chi connectivity index (χ1v) is 15.1. The summed E-state index contributed by atoms with van der Waals surface area (Å²) in [7, 11) is 0. The first-order valence-electron chi connectivity index (χ1n) is 15.1. The van der Waals surface area contributed by atoms with Crippen molar-refractivity contribution < 1.29 is 10.2 Å². The number of phenols is 2. The van der Waals surface area contributed by atoms with Gasteiger partial charge in [0.15, 0.2) is 0 Å². The lowest BCUT2D eigenvalue weighted by Gasteiger charge is -2.59. The molecule has 8 fully saturated rings. The Kier molecular flexibility index (Phi) is 5.13. The molecule has 1 aromatic carbocycles. The van der Waals surface area contributed by atoms with E-state index in [2.05, 4.69) is 6.92 Å². The van der Waals surface area contributed by atoms with Gasteiger partial charge >= 0.3 is 0 Å². The zero-order valence-electron chi connectivity index (χ0n) is 21.5. The SMILES string of the molecule is CCCCCCc1c(C23CC4CC(CC(C4)C2)C3)c(O)cc(O)c1C12CC3CC(CC(C3)C1)C2. The molecule has 8 aliphatic carbocycles. The standard InChI is InChI=1S/C32H46O2/c1-2-3-4-5-6-26-29(31-14-20-7-21(15-31)9-22(8-20)16-31)27(33)13-28(34)30(26)32-17-23-10-24(18-32)12-25(11-23)19-32/h13,20-25,33-34H,2-12,14-19H2,1H3. The van der Waals surface area contributed by atoms with E-state index in [9.17, 15) is 10.2 Å². The molecule has 0 aliphatic heterocycles. The van der Waals surface area contributed by atoms with Crippen LogP contribution in [0.3, 0.4) is 0 Å². The van der Waals surface area contributed by atoms with Crippen molar-refractivity contribution in [1.82, 2.24) is 0 Å². The highest BCUT2D eigenvalue weighted by atomic mass is 16.3. The Labute approximate surface area is 206 Å². The Morgan fingerprint density at radius 3 is 1.35 bits per heavy atom. The number of unbranched alkanes of at least 4 members (excludes halogenated alkanes) is 3. The molecule has 0 saturated heterocycles. The van der Waals surface area contributed by atoms with Crippen LogP contribution in [0.25, 0.3) is 0 Å². The Morgan fingerprint density at radius 2 is 1.00 bits per heavy atom. The van der Waals surface area contributed by atoms with E-state index >= 15 is 0 Å². The lowest BCUT2D eigenvalue weighted by Crippen LogP contribution is -2.50. The van der Waals surface area contributed by atoms with Gasteiger partial charge in [-0.1, -0.05) is 26.2 Å². The monoisotopic (exact) mass is 462 g/mol. The van der Waals surface area contributed by atoms with E-state index < -0.39 is 0 Å². The summed E-state index contributed by atoms with van der Waals surface area (Å²) in [6.07, 6.45) is 22.5. The zero-order chi connectivity index (χ0) is 23.1. The zero-order valence-corrected chi connectivity index (χ0v) is 21.5. The second-order valence-electron chi connectivity index (χ2n) is 14.3. The van der Waals surface area contributed by atoms with Crippen LogP contribution in [0.1, 0.15) is 126 Å². The molecule has 0 unspecified atom stereocenters. The van der Waals surface area contributed by atoms with Gasteiger partial charge in [-0.2, -0.15) is 0 Å². The molecule has 0 spiro atoms. The maximum Gasteiger partial charge on any atom is 0.123 e. The maximum atomic E-state index is 11.6. The first kappa shape index (κ1) is 22.1. The van der Waals surface area contributed by atoms with E-state index in [-0.39, 0.29) is 10.8 Å². The maximum absolute atomic E-state index is 11.6. The Hall–Kier alpha value is -1.18. The van der Waals surface area contributed by atoms with Gasteiger partial charge in [0, 0.05) is 28.0 Å². The highest BCUT2D eigenvalue weighted by molar-refractivity contribution is 5.59. The smallest absolute Gasteiger partial charge is 0.123 e. The Bertz CT molecular complexity index is 819. The van der Waals surface area contributed by atoms with E-state index in [0.29, 0.717) is 11.5 Å². The van der Waals surface area contributed by atoms with Crippen LogP contribution in [0.2, 0.25) is 0 Å². The topological polar surface area (TPSA) is 40.5 Å². The van der Waals surface area contributed by atoms with Crippen LogP contribution in [0, 0.1) is 35.5 Å². The lowest BCUT2D eigenvalue weighted by atomic mass is 9.45. The minimum Gasteiger partial charge on any atom is -0.507 e. The Balaban J connectivity index is 1.37. The molecule has 0 radical (unpaired) electrons. The van der Waals surface area contributed by atoms with Crippen molar-refractivity contribution in [3.63, 3.8) is 0 Å². The largest absolute Gasteiger partial charge is 0.507 e. The molecule has 1 aromatic rings. The highest BCUT2D eigenvalue weighted by Crippen LogP contribution is 2.66. The average Bonchev–Trinajstić information content (AvgIpc) is 2.74. The molecule has 0 aromatic heterocycles. The van der Waals surface area contributed by atoms with Gasteiger partial charge in [-0.25, -0.2) is 0 Å². The minimum absolute atomic E-state index is 0.184. The summed E-state index contributed by atoms with van der Waals surface area (Å²) in [5.74, 6) is 6.11. The van der Waals surface area contributed by atoms with Gasteiger partial charge in [-0.3, -0.25) is 0 Å². The molecule has 2 nitrogen and oxygen atoms in total. The highest BCUT2D eigenvalue weighted by Gasteiger charge is 2.56. The third kappa shape index (κ3) is 3.32. The van der Waals surface area contributed by atoms with Gasteiger partial charge in [-0.15, -0.1) is 0 Å². The molecule has 0 atom stereocenters. The summed E-state index contributed by atoms with van der Waals surface area (Å²) < 4.78 is 0. The minimum atomic E-state index is 0.184. The summed E-state index contributed by atoms with van der Waals surface area (Å²) in [6.45, 7) is 2.29. The summed E-state index contributed by atoms with van der Waals surface area (Å²) in [4.78, 5) is 0. The third-order valence-electron chi connectivity index (χ3n) is 11.8. The van der Waals surface area contributed by atoms with Gasteiger partial charge < -0.3 is 10.2 Å². The van der Waals surface area contributed by atoms with Crippen molar-refractivity contribution in [2.75, 3.05) is 0 Å². The Morgan fingerprint density at radius 1 is 0.618 bits per heavy atom. The number of hydrogen-bond donors (Lipinski definition) is 2. The fourth-order valence-corrected chi connectivity index (χ4v) is 11.7. The van der Waals surface area contributed by atoms with Crippen LogP contribution in [0.5, 0.6) is 11.5 Å². The molecule has 0 heterocycles. The molecular weight excluding hydrogens is 416 g/mol. The van der Waals surface area contributed by atoms with Crippen LogP contribution in [-0.2, 0) is 17.3 Å². The predicted octanol–water partition coefficient (Wildman–Crippen LogP) is 8.16. The molecule has 8 saturated carbocycles. The quantitative estimate of drug-likeness (QED) is 0.401. The molecule has 0 amide bonds. The molecule has 2 heteroatoms. The fourth-order valence-electron chi connectivity index (χ4n) is 11.7. The van der Waals surface area contributed by atoms with Crippen LogP contribution in [0.15, 0.2) is 6.07 Å². The molecule has 9 rings (SSSR count). The van der Waals surface area contributed by atoms with E-state index in [1.165, 1.54) is 119 Å². The number of phenolic OH excluding ortho intramolecular Hbond substituents is 2. The van der Waals surface area contributed by atoms with Crippen molar-refractivity contribution in [3.8, 4) is 11.5 Å². The summed E-state index contributed by atoms with van der Waals surface area (Å²) >= 11 is 0. The fraction of sp³-hybridized carbons (Fsp3) is 0.812. The van der Waals surface area contributed by atoms with Gasteiger partial charge in [0.25, 0.3) is 0 Å². The van der Waals surface area contributed by atoms with E-state index in [4.69, 9.17) is 0 Å². The van der Waals surface area contributed by atoms with Crippen molar-refractivity contribution in [2.45, 2.75) is 127 Å². The average molecular weight is 463 g/mol. The van der Waals surface area contributed by atoms with Crippen LogP contribution >= 0.6 is 0 Å². The lowest BCUT2D eigenvalue weighted by molar-refractivity contribution is -0.0104. The number of hydrogen-bond acceptors (Lipinski definition) is 2. The van der Waals surface area contributed by atoms with Crippen LogP contribution in [0.4, 0.5) is 0 Å². The van der Waals surface area contributed by atoms with Crippen molar-refractivity contribution >= 4 is 0 Å². The second kappa shape index (κ2) is 7.91. The van der Waals surface area contributed by atoms with Gasteiger partial charge in [0.1, 0.15) is 11.5 Å². The molecule has 2 N–H and O–H groups in total. The van der Waals surface area contributed by atoms with E-state index in [1.54, 1.807) is 0 Å². The van der Waals surface area contributed by atoms with Crippen molar-refractivity contribution in [1.29, 1.82) is 0 Å². The van der Waals surface area contributed by atoms with Gasteiger partial charge in [-0.05, 0) is 131 Å². The normalized spacial score (nSPS) is 43.7. The molecular formula is C32H46O2. The van der Waals surface area contributed by atoms with Crippen molar-refractivity contribution in [3.05, 3.63) is 22.8 Å². The predicted molar refractivity (Wildman–Crippen MR) is 137 cm³/mol. The number of rotatable bonds is 7. The number of aromatic hydroxyl groups is 2. The van der Waals surface area contributed by atoms with Crippen molar-refractivity contribution in [2.24, 2.45) is 35.5 Å². The second-order valence-corrected chi connectivity index (χ2v) is 14.3. The van der Waals surface area contributed by atoms with E-state index in [0.717, 1.165) is 41.9 Å². The van der Waals surface area contributed by atoms with Crippen LogP contribution in [-0.4, -0.2) is 10.2 Å². The molecule has 8 bridgehead atoms. The third-order valence-corrected chi connectivity index (χ3v) is 11.8. The summed E-state index contributed by atoms with van der Waals surface area (Å²) in [6, 6.07) is 1.82. The summed E-state index contributed by atoms with van der Waals surface area (Å²) in [5, 5.41) is 23.2. The van der Waals surface area contributed by atoms with E-state index in [1.807, 2.05) is 6.07 Å².